The standard InChI is InChI=1S/C58H38N2O/c1-4-16-39(17-5-1)41-30-34-44(35-31-41)59(45-36-32-42(33-37-45)40-18-6-2-7-19-40)53-28-15-29-54-57(53)56-48-24-11-10-22-46(48)51(38-55(56)61-54)50-26-14-25-49-47-23-12-13-27-52(47)60(58(49)50)43-20-8-3-9-21-43/h1-38H. The Labute approximate surface area is 353 Å². The van der Waals surface area contributed by atoms with Crippen molar-refractivity contribution in [1.29, 1.82) is 0 Å². The third-order valence-electron chi connectivity index (χ3n) is 12.2. The van der Waals surface area contributed by atoms with Crippen molar-refractivity contribution in [3.05, 3.63) is 231 Å². The lowest BCUT2D eigenvalue weighted by molar-refractivity contribution is 0.669. The molecule has 3 heteroatoms. The zero-order valence-electron chi connectivity index (χ0n) is 33.2. The van der Waals surface area contributed by atoms with E-state index in [0.29, 0.717) is 0 Å². The van der Waals surface area contributed by atoms with Gasteiger partial charge in [0.05, 0.1) is 22.1 Å². The van der Waals surface area contributed by atoms with E-state index in [1.165, 1.54) is 49.4 Å². The van der Waals surface area contributed by atoms with Crippen molar-refractivity contribution in [3.8, 4) is 39.1 Å². The number of anilines is 3. The molecule has 0 spiro atoms. The minimum atomic E-state index is 0.846. The molecule has 0 saturated heterocycles. The van der Waals surface area contributed by atoms with Gasteiger partial charge >= 0.3 is 0 Å². The highest BCUT2D eigenvalue weighted by Gasteiger charge is 2.24. The molecule has 0 aliphatic carbocycles. The van der Waals surface area contributed by atoms with Crippen molar-refractivity contribution in [2.24, 2.45) is 0 Å². The highest BCUT2D eigenvalue weighted by molar-refractivity contribution is 6.27. The van der Waals surface area contributed by atoms with Crippen LogP contribution in [-0.2, 0) is 0 Å². The normalized spacial score (nSPS) is 11.6. The number of rotatable bonds is 7. The van der Waals surface area contributed by atoms with Crippen LogP contribution in [0.4, 0.5) is 17.1 Å². The summed E-state index contributed by atoms with van der Waals surface area (Å²) in [5.74, 6) is 0. The molecule has 0 fully saturated rings. The van der Waals surface area contributed by atoms with Gasteiger partial charge in [-0.2, -0.15) is 0 Å². The largest absolute Gasteiger partial charge is 0.456 e. The van der Waals surface area contributed by atoms with Crippen LogP contribution < -0.4 is 4.90 Å². The molecule has 0 aliphatic heterocycles. The van der Waals surface area contributed by atoms with Crippen LogP contribution in [-0.4, -0.2) is 4.57 Å². The van der Waals surface area contributed by atoms with Gasteiger partial charge in [0.1, 0.15) is 11.2 Å². The lowest BCUT2D eigenvalue weighted by Gasteiger charge is -2.27. The molecule has 0 amide bonds. The van der Waals surface area contributed by atoms with E-state index in [2.05, 4.69) is 240 Å². The van der Waals surface area contributed by atoms with Gasteiger partial charge < -0.3 is 13.9 Å². The fourth-order valence-electron chi connectivity index (χ4n) is 9.45. The van der Waals surface area contributed by atoms with E-state index in [0.717, 1.165) is 61.2 Å². The Morgan fingerprint density at radius 2 is 0.869 bits per heavy atom. The number of benzene rings is 10. The quantitative estimate of drug-likeness (QED) is 0.161. The van der Waals surface area contributed by atoms with Crippen LogP contribution in [0.1, 0.15) is 0 Å². The maximum Gasteiger partial charge on any atom is 0.137 e. The molecule has 0 atom stereocenters. The van der Waals surface area contributed by atoms with Crippen LogP contribution in [0.15, 0.2) is 235 Å². The first kappa shape index (κ1) is 34.9. The Balaban J connectivity index is 1.10. The molecule has 3 nitrogen and oxygen atoms in total. The van der Waals surface area contributed by atoms with E-state index in [4.69, 9.17) is 4.42 Å². The van der Waals surface area contributed by atoms with Crippen molar-refractivity contribution < 1.29 is 4.42 Å². The van der Waals surface area contributed by atoms with Crippen molar-refractivity contribution in [1.82, 2.24) is 4.57 Å². The molecule has 0 aliphatic rings. The van der Waals surface area contributed by atoms with E-state index in [-0.39, 0.29) is 0 Å². The summed E-state index contributed by atoms with van der Waals surface area (Å²) in [4.78, 5) is 2.38. The monoisotopic (exact) mass is 778 g/mol. The molecule has 2 heterocycles. The Hall–Kier alpha value is -8.14. The number of hydrogen-bond acceptors (Lipinski definition) is 2. The molecular weight excluding hydrogens is 741 g/mol. The Morgan fingerprint density at radius 1 is 0.344 bits per heavy atom. The van der Waals surface area contributed by atoms with Crippen LogP contribution >= 0.6 is 0 Å². The average Bonchev–Trinajstić information content (AvgIpc) is 3.89. The Bertz CT molecular complexity index is 3470. The fraction of sp³-hybridized carbons (Fsp3) is 0. The Kier molecular flexibility index (Phi) is 8.17. The van der Waals surface area contributed by atoms with Gasteiger partial charge in [0, 0.05) is 38.8 Å². The molecule has 12 aromatic rings. The van der Waals surface area contributed by atoms with Crippen LogP contribution in [0.5, 0.6) is 0 Å². The lowest BCUT2D eigenvalue weighted by Crippen LogP contribution is -2.10. The lowest BCUT2D eigenvalue weighted by atomic mass is 9.93. The molecule has 286 valence electrons. The molecule has 0 unspecified atom stereocenters. The SMILES string of the molecule is c1ccc(-c2ccc(N(c3ccc(-c4ccccc4)cc3)c3cccc4oc5cc(-c6cccc7c8ccccc8n(-c8ccccc8)c67)c6ccccc6c5c34)cc2)cc1. The first-order chi connectivity index (χ1) is 30.3. The third-order valence-corrected chi connectivity index (χ3v) is 12.2. The Morgan fingerprint density at radius 3 is 1.52 bits per heavy atom. The maximum absolute atomic E-state index is 6.99. The van der Waals surface area contributed by atoms with Crippen LogP contribution in [0.3, 0.4) is 0 Å². The van der Waals surface area contributed by atoms with Gasteiger partial charge in [-0.25, -0.2) is 0 Å². The first-order valence-corrected chi connectivity index (χ1v) is 20.8. The van der Waals surface area contributed by atoms with Crippen LogP contribution in [0, 0.1) is 0 Å². The number of furan rings is 1. The highest BCUT2D eigenvalue weighted by Crippen LogP contribution is 2.48. The second-order valence-corrected chi connectivity index (χ2v) is 15.6. The summed E-state index contributed by atoms with van der Waals surface area (Å²) in [6.45, 7) is 0. The van der Waals surface area contributed by atoms with E-state index in [9.17, 15) is 0 Å². The third kappa shape index (κ3) is 5.74. The summed E-state index contributed by atoms with van der Waals surface area (Å²) in [7, 11) is 0. The van der Waals surface area contributed by atoms with E-state index in [1.54, 1.807) is 0 Å². The number of para-hydroxylation sites is 3. The molecule has 0 bridgehead atoms. The number of aromatic nitrogens is 1. The van der Waals surface area contributed by atoms with Crippen molar-refractivity contribution in [3.63, 3.8) is 0 Å². The summed E-state index contributed by atoms with van der Waals surface area (Å²) in [6, 6.07) is 82.7. The summed E-state index contributed by atoms with van der Waals surface area (Å²) < 4.78 is 9.41. The highest BCUT2D eigenvalue weighted by atomic mass is 16.3. The van der Waals surface area contributed by atoms with E-state index < -0.39 is 0 Å². The molecule has 0 radical (unpaired) electrons. The van der Waals surface area contributed by atoms with E-state index in [1.807, 2.05) is 0 Å². The summed E-state index contributed by atoms with van der Waals surface area (Å²) >= 11 is 0. The van der Waals surface area contributed by atoms with Crippen molar-refractivity contribution >= 4 is 71.6 Å². The summed E-state index contributed by atoms with van der Waals surface area (Å²) in [5, 5.41) is 6.97. The molecule has 10 aromatic carbocycles. The average molecular weight is 779 g/mol. The number of hydrogen-bond donors (Lipinski definition) is 0. The minimum absolute atomic E-state index is 0.846. The summed E-state index contributed by atoms with van der Waals surface area (Å²) in [6.07, 6.45) is 0. The molecule has 12 rings (SSSR count). The second-order valence-electron chi connectivity index (χ2n) is 15.6. The van der Waals surface area contributed by atoms with E-state index >= 15 is 0 Å². The smallest absolute Gasteiger partial charge is 0.137 e. The molecule has 2 aromatic heterocycles. The van der Waals surface area contributed by atoms with Crippen LogP contribution in [0.2, 0.25) is 0 Å². The number of fused-ring (bicyclic) bond motifs is 8. The predicted octanol–water partition coefficient (Wildman–Crippen LogP) is 16.3. The van der Waals surface area contributed by atoms with Gasteiger partial charge in [-0.3, -0.25) is 0 Å². The first-order valence-electron chi connectivity index (χ1n) is 20.8. The fourth-order valence-corrected chi connectivity index (χ4v) is 9.45. The van der Waals surface area contributed by atoms with Gasteiger partial charge in [-0.15, -0.1) is 0 Å². The molecule has 0 N–H and O–H groups in total. The molecule has 0 saturated carbocycles. The van der Waals surface area contributed by atoms with Crippen LogP contribution in [0.25, 0.3) is 93.6 Å². The predicted molar refractivity (Wildman–Crippen MR) is 257 cm³/mol. The minimum Gasteiger partial charge on any atom is -0.456 e. The second kappa shape index (κ2) is 14.3. The number of nitrogens with zero attached hydrogens (tertiary/aromatic N) is 2. The summed E-state index contributed by atoms with van der Waals surface area (Å²) in [5.41, 5.74) is 15.4. The van der Waals surface area contributed by atoms with Crippen molar-refractivity contribution in [2.45, 2.75) is 0 Å². The van der Waals surface area contributed by atoms with Gasteiger partial charge in [-0.1, -0.05) is 170 Å². The zero-order valence-corrected chi connectivity index (χ0v) is 33.2. The topological polar surface area (TPSA) is 21.3 Å². The van der Waals surface area contributed by atoms with Gasteiger partial charge in [0.25, 0.3) is 0 Å². The van der Waals surface area contributed by atoms with Gasteiger partial charge in [0.2, 0.25) is 0 Å². The van der Waals surface area contributed by atoms with Gasteiger partial charge in [0.15, 0.2) is 0 Å². The maximum atomic E-state index is 6.99. The van der Waals surface area contributed by atoms with Gasteiger partial charge in [-0.05, 0) is 99.3 Å². The molecular formula is C58H38N2O. The zero-order chi connectivity index (χ0) is 40.3. The van der Waals surface area contributed by atoms with Crippen molar-refractivity contribution in [2.75, 3.05) is 4.90 Å². The molecule has 61 heavy (non-hydrogen) atoms.